The first-order valence-corrected chi connectivity index (χ1v) is 8.86. The van der Waals surface area contributed by atoms with Crippen molar-refractivity contribution in [2.75, 3.05) is 31.1 Å². The molecule has 1 amide bonds. The number of halogens is 1. The second-order valence-electron chi connectivity index (χ2n) is 6.54. The lowest BCUT2D eigenvalue weighted by atomic mass is 9.91. The second-order valence-corrected chi connectivity index (χ2v) is 6.54. The minimum atomic E-state index is -0.367. The summed E-state index contributed by atoms with van der Waals surface area (Å²) in [6, 6.07) is 6.42. The van der Waals surface area contributed by atoms with Gasteiger partial charge in [0, 0.05) is 39.0 Å². The molecule has 138 valence electrons. The first-order valence-electron chi connectivity index (χ1n) is 8.86. The number of esters is 1. The third kappa shape index (κ3) is 5.01. The van der Waals surface area contributed by atoms with E-state index in [1.54, 1.807) is 30.0 Å². The van der Waals surface area contributed by atoms with Gasteiger partial charge in [-0.05, 0) is 24.5 Å². The smallest absolute Gasteiger partial charge is 0.302 e. The number of carbonyl (C=O) groups excluding carboxylic acids is 2. The summed E-state index contributed by atoms with van der Waals surface area (Å²) in [6.07, 6.45) is 1.11. The Labute approximate surface area is 148 Å². The molecule has 2 rings (SSSR count). The van der Waals surface area contributed by atoms with Gasteiger partial charge >= 0.3 is 5.97 Å². The highest BCUT2D eigenvalue weighted by Crippen LogP contribution is 2.29. The van der Waals surface area contributed by atoms with Crippen LogP contribution in [0.1, 0.15) is 33.6 Å². The van der Waals surface area contributed by atoms with Gasteiger partial charge in [-0.3, -0.25) is 14.5 Å². The SMILES string of the molecule is CCC(=O)N(c1ccccc1F)C1CCN(CCOC(C)=O)CC1C. The molecule has 0 N–H and O–H groups in total. The van der Waals surface area contributed by atoms with E-state index >= 15 is 0 Å². The Balaban J connectivity index is 2.08. The summed E-state index contributed by atoms with van der Waals surface area (Å²) >= 11 is 0. The van der Waals surface area contributed by atoms with Crippen LogP contribution in [-0.4, -0.2) is 49.1 Å². The predicted octanol–water partition coefficient (Wildman–Crippen LogP) is 2.84. The molecule has 1 aromatic carbocycles. The fourth-order valence-corrected chi connectivity index (χ4v) is 3.44. The van der Waals surface area contributed by atoms with E-state index in [4.69, 9.17) is 4.74 Å². The van der Waals surface area contributed by atoms with Gasteiger partial charge in [-0.1, -0.05) is 26.0 Å². The van der Waals surface area contributed by atoms with Crippen molar-refractivity contribution in [3.05, 3.63) is 30.1 Å². The monoisotopic (exact) mass is 350 g/mol. The molecule has 2 atom stereocenters. The van der Waals surface area contributed by atoms with E-state index in [2.05, 4.69) is 11.8 Å². The zero-order valence-electron chi connectivity index (χ0n) is 15.2. The first-order chi connectivity index (χ1) is 11.9. The maximum atomic E-state index is 14.3. The van der Waals surface area contributed by atoms with Gasteiger partial charge in [-0.2, -0.15) is 0 Å². The van der Waals surface area contributed by atoms with E-state index in [-0.39, 0.29) is 29.7 Å². The summed E-state index contributed by atoms with van der Waals surface area (Å²) in [7, 11) is 0. The fraction of sp³-hybridized carbons (Fsp3) is 0.579. The van der Waals surface area contributed by atoms with Crippen molar-refractivity contribution in [2.24, 2.45) is 5.92 Å². The number of hydrogen-bond acceptors (Lipinski definition) is 4. The molecule has 6 heteroatoms. The maximum absolute atomic E-state index is 14.3. The number of amides is 1. The third-order valence-electron chi connectivity index (χ3n) is 4.67. The van der Waals surface area contributed by atoms with Crippen molar-refractivity contribution in [1.29, 1.82) is 0 Å². The molecule has 0 spiro atoms. The molecule has 1 heterocycles. The van der Waals surface area contributed by atoms with Crippen LogP contribution in [0.2, 0.25) is 0 Å². The van der Waals surface area contributed by atoms with Gasteiger partial charge in [-0.25, -0.2) is 4.39 Å². The summed E-state index contributed by atoms with van der Waals surface area (Å²) in [6.45, 7) is 7.91. The molecule has 1 fully saturated rings. The molecule has 0 radical (unpaired) electrons. The van der Waals surface area contributed by atoms with Gasteiger partial charge in [0.1, 0.15) is 12.4 Å². The number of ether oxygens (including phenoxy) is 1. The number of carbonyl (C=O) groups is 2. The van der Waals surface area contributed by atoms with Crippen LogP contribution in [0.3, 0.4) is 0 Å². The topological polar surface area (TPSA) is 49.9 Å². The molecule has 1 saturated heterocycles. The quantitative estimate of drug-likeness (QED) is 0.740. The summed E-state index contributed by atoms with van der Waals surface area (Å²) in [5.74, 6) is -0.507. The molecular formula is C19H27FN2O3. The molecular weight excluding hydrogens is 323 g/mol. The summed E-state index contributed by atoms with van der Waals surface area (Å²) in [5, 5.41) is 0. The first kappa shape index (κ1) is 19.4. The van der Waals surface area contributed by atoms with Gasteiger partial charge < -0.3 is 9.64 Å². The molecule has 5 nitrogen and oxygen atoms in total. The lowest BCUT2D eigenvalue weighted by Crippen LogP contribution is -2.53. The number of anilines is 1. The Morgan fingerprint density at radius 2 is 2.08 bits per heavy atom. The zero-order chi connectivity index (χ0) is 18.4. The molecule has 0 saturated carbocycles. The van der Waals surface area contributed by atoms with E-state index in [0.29, 0.717) is 25.3 Å². The number of para-hydroxylation sites is 1. The van der Waals surface area contributed by atoms with Gasteiger partial charge in [-0.15, -0.1) is 0 Å². The van der Waals surface area contributed by atoms with Crippen LogP contribution in [0, 0.1) is 11.7 Å². The fourth-order valence-electron chi connectivity index (χ4n) is 3.44. The Morgan fingerprint density at radius 3 is 2.68 bits per heavy atom. The Kier molecular flexibility index (Phi) is 6.93. The number of nitrogens with zero attached hydrogens (tertiary/aromatic N) is 2. The van der Waals surface area contributed by atoms with Gasteiger partial charge in [0.15, 0.2) is 0 Å². The molecule has 0 aliphatic carbocycles. The normalized spacial score (nSPS) is 21.0. The van der Waals surface area contributed by atoms with Crippen LogP contribution < -0.4 is 4.90 Å². The molecule has 1 aliphatic heterocycles. The maximum Gasteiger partial charge on any atom is 0.302 e. The van der Waals surface area contributed by atoms with Gasteiger partial charge in [0.05, 0.1) is 5.69 Å². The molecule has 25 heavy (non-hydrogen) atoms. The van der Waals surface area contributed by atoms with E-state index < -0.39 is 0 Å². The van der Waals surface area contributed by atoms with Crippen LogP contribution in [-0.2, 0) is 14.3 Å². The number of rotatable bonds is 6. The van der Waals surface area contributed by atoms with E-state index in [0.717, 1.165) is 19.5 Å². The number of likely N-dealkylation sites (tertiary alicyclic amines) is 1. The molecule has 0 aromatic heterocycles. The highest BCUT2D eigenvalue weighted by molar-refractivity contribution is 5.94. The van der Waals surface area contributed by atoms with Crippen molar-refractivity contribution < 1.29 is 18.7 Å². The molecule has 1 aromatic rings. The molecule has 1 aliphatic rings. The summed E-state index contributed by atoms with van der Waals surface area (Å²) in [4.78, 5) is 27.3. The standard InChI is InChI=1S/C19H27FN2O3/c1-4-19(24)22(18-8-6-5-7-16(18)20)17-9-10-21(13-14(17)2)11-12-25-15(3)23/h5-8,14,17H,4,9-13H2,1-3H3. The van der Waals surface area contributed by atoms with Crippen LogP contribution in [0.4, 0.5) is 10.1 Å². The minimum Gasteiger partial charge on any atom is -0.465 e. The van der Waals surface area contributed by atoms with Crippen molar-refractivity contribution in [2.45, 2.75) is 39.7 Å². The lowest BCUT2D eigenvalue weighted by Gasteiger charge is -2.42. The predicted molar refractivity (Wildman–Crippen MR) is 94.8 cm³/mol. The average molecular weight is 350 g/mol. The highest BCUT2D eigenvalue weighted by atomic mass is 19.1. The Morgan fingerprint density at radius 1 is 1.36 bits per heavy atom. The number of hydrogen-bond donors (Lipinski definition) is 0. The molecule has 2 unspecified atom stereocenters. The lowest BCUT2D eigenvalue weighted by molar-refractivity contribution is -0.141. The molecule has 0 bridgehead atoms. The summed E-state index contributed by atoms with van der Waals surface area (Å²) in [5.41, 5.74) is 0.361. The van der Waals surface area contributed by atoms with Crippen LogP contribution >= 0.6 is 0 Å². The van der Waals surface area contributed by atoms with Crippen LogP contribution in [0.25, 0.3) is 0 Å². The second kappa shape index (κ2) is 8.94. The Hall–Kier alpha value is -1.95. The van der Waals surface area contributed by atoms with E-state index in [1.807, 2.05) is 0 Å². The van der Waals surface area contributed by atoms with E-state index in [9.17, 15) is 14.0 Å². The number of piperidine rings is 1. The van der Waals surface area contributed by atoms with Crippen LogP contribution in [0.5, 0.6) is 0 Å². The van der Waals surface area contributed by atoms with Crippen molar-refractivity contribution in [3.8, 4) is 0 Å². The number of benzene rings is 1. The highest BCUT2D eigenvalue weighted by Gasteiger charge is 2.34. The van der Waals surface area contributed by atoms with Gasteiger partial charge in [0.2, 0.25) is 5.91 Å². The van der Waals surface area contributed by atoms with E-state index in [1.165, 1.54) is 13.0 Å². The zero-order valence-corrected chi connectivity index (χ0v) is 15.2. The van der Waals surface area contributed by atoms with Crippen molar-refractivity contribution in [3.63, 3.8) is 0 Å². The third-order valence-corrected chi connectivity index (χ3v) is 4.67. The Bertz CT molecular complexity index is 608. The average Bonchev–Trinajstić information content (AvgIpc) is 2.58. The van der Waals surface area contributed by atoms with Crippen molar-refractivity contribution >= 4 is 17.6 Å². The minimum absolute atomic E-state index is 0.0330. The van der Waals surface area contributed by atoms with Crippen molar-refractivity contribution in [1.82, 2.24) is 4.90 Å². The van der Waals surface area contributed by atoms with Gasteiger partial charge in [0.25, 0.3) is 0 Å². The van der Waals surface area contributed by atoms with Crippen LogP contribution in [0.15, 0.2) is 24.3 Å². The largest absolute Gasteiger partial charge is 0.465 e. The summed E-state index contributed by atoms with van der Waals surface area (Å²) < 4.78 is 19.3.